The maximum atomic E-state index is 11.8. The molecule has 0 spiro atoms. The van der Waals surface area contributed by atoms with Crippen molar-refractivity contribution in [3.8, 4) is 0 Å². The molecule has 176 valence electrons. The van der Waals surface area contributed by atoms with E-state index in [4.69, 9.17) is 0 Å². The lowest BCUT2D eigenvalue weighted by molar-refractivity contribution is 0.0650. The molecular weight excluding hydrogens is 388 g/mol. The van der Waals surface area contributed by atoms with Gasteiger partial charge < -0.3 is 10.2 Å². The molecule has 0 radical (unpaired) electrons. The highest BCUT2D eigenvalue weighted by Crippen LogP contribution is 2.28. The lowest BCUT2D eigenvalue weighted by Crippen LogP contribution is -2.14. The van der Waals surface area contributed by atoms with Crippen molar-refractivity contribution in [3.63, 3.8) is 0 Å². The van der Waals surface area contributed by atoms with Crippen molar-refractivity contribution in [2.24, 2.45) is 0 Å². The van der Waals surface area contributed by atoms with Crippen LogP contribution in [0.3, 0.4) is 0 Å². The number of rotatable bonds is 18. The Labute approximate surface area is 189 Å². The fourth-order valence-corrected chi connectivity index (χ4v) is 4.39. The summed E-state index contributed by atoms with van der Waals surface area (Å²) in [5.74, 6) is -2.14. The van der Waals surface area contributed by atoms with E-state index >= 15 is 0 Å². The minimum atomic E-state index is -1.17. The van der Waals surface area contributed by atoms with Gasteiger partial charge in [-0.2, -0.15) is 0 Å². The molecule has 4 heteroatoms. The van der Waals surface area contributed by atoms with Gasteiger partial charge in [-0.15, -0.1) is 0 Å². The number of hydrogen-bond donors (Lipinski definition) is 2. The van der Waals surface area contributed by atoms with E-state index in [1.165, 1.54) is 76.7 Å². The molecule has 0 unspecified atom stereocenters. The monoisotopic (exact) mass is 432 g/mol. The van der Waals surface area contributed by atoms with Crippen molar-refractivity contribution in [2.75, 3.05) is 0 Å². The molecule has 0 atom stereocenters. The molecule has 1 aromatic carbocycles. The van der Waals surface area contributed by atoms with Gasteiger partial charge in [-0.05, 0) is 36.0 Å². The van der Waals surface area contributed by atoms with Gasteiger partial charge in [0.1, 0.15) is 0 Å². The number of carboxylic acids is 2. The summed E-state index contributed by atoms with van der Waals surface area (Å²) in [5.41, 5.74) is 1.55. The van der Waals surface area contributed by atoms with Gasteiger partial charge in [0, 0.05) is 0 Å². The molecule has 0 aromatic heterocycles. The van der Waals surface area contributed by atoms with E-state index in [1.54, 1.807) is 6.07 Å². The maximum absolute atomic E-state index is 11.8. The summed E-state index contributed by atoms with van der Waals surface area (Å²) in [5, 5.41) is 19.1. The summed E-state index contributed by atoms with van der Waals surface area (Å²) in [6.07, 6.45) is 18.5. The van der Waals surface area contributed by atoms with E-state index in [0.29, 0.717) is 12.0 Å². The Morgan fingerprint density at radius 3 is 1.55 bits per heavy atom. The zero-order valence-electron chi connectivity index (χ0n) is 20.0. The first kappa shape index (κ1) is 27.2. The summed E-state index contributed by atoms with van der Waals surface area (Å²) < 4.78 is 0. The third-order valence-electron chi connectivity index (χ3n) is 6.20. The second-order valence-electron chi connectivity index (χ2n) is 9.17. The second-order valence-corrected chi connectivity index (χ2v) is 9.17. The van der Waals surface area contributed by atoms with Crippen molar-refractivity contribution in [3.05, 3.63) is 34.4 Å². The van der Waals surface area contributed by atoms with Crippen LogP contribution in [0, 0.1) is 0 Å². The summed E-state index contributed by atoms with van der Waals surface area (Å²) in [7, 11) is 0. The first-order valence-electron chi connectivity index (χ1n) is 12.5. The van der Waals surface area contributed by atoms with Crippen LogP contribution < -0.4 is 0 Å². The second kappa shape index (κ2) is 15.9. The van der Waals surface area contributed by atoms with E-state index in [1.807, 2.05) is 13.8 Å². The highest BCUT2D eigenvalue weighted by atomic mass is 16.4. The quantitative estimate of drug-likeness (QED) is 0.229. The fraction of sp³-hybridized carbons (Fsp3) is 0.704. The van der Waals surface area contributed by atoms with Crippen LogP contribution >= 0.6 is 0 Å². The normalized spacial score (nSPS) is 11.2. The fourth-order valence-electron chi connectivity index (χ4n) is 4.39. The van der Waals surface area contributed by atoms with Crippen LogP contribution in [0.5, 0.6) is 0 Å². The van der Waals surface area contributed by atoms with Gasteiger partial charge in [0.15, 0.2) is 0 Å². The highest BCUT2D eigenvalue weighted by Gasteiger charge is 2.23. The average Bonchev–Trinajstić information content (AvgIpc) is 2.72. The minimum absolute atomic E-state index is 0.0200. The predicted molar refractivity (Wildman–Crippen MR) is 128 cm³/mol. The topological polar surface area (TPSA) is 74.6 Å². The van der Waals surface area contributed by atoms with Gasteiger partial charge in [-0.1, -0.05) is 110 Å². The summed E-state index contributed by atoms with van der Waals surface area (Å²) in [4.78, 5) is 23.3. The predicted octanol–water partition coefficient (Wildman–Crippen LogP) is 8.23. The van der Waals surface area contributed by atoms with Gasteiger partial charge in [-0.3, -0.25) is 0 Å². The van der Waals surface area contributed by atoms with Crippen LogP contribution in [0.4, 0.5) is 0 Å². The van der Waals surface area contributed by atoms with Crippen LogP contribution in [0.25, 0.3) is 0 Å². The Morgan fingerprint density at radius 2 is 1.16 bits per heavy atom. The molecule has 31 heavy (non-hydrogen) atoms. The van der Waals surface area contributed by atoms with E-state index in [-0.39, 0.29) is 17.0 Å². The number of carboxylic acid groups (broad SMARTS) is 2. The van der Waals surface area contributed by atoms with Gasteiger partial charge >= 0.3 is 11.9 Å². The zero-order valence-corrected chi connectivity index (χ0v) is 20.0. The summed E-state index contributed by atoms with van der Waals surface area (Å²) in [6, 6.07) is 3.23. The summed E-state index contributed by atoms with van der Waals surface area (Å²) in [6.45, 7) is 6.30. The lowest BCUT2D eigenvalue weighted by Gasteiger charge is -2.17. The van der Waals surface area contributed by atoms with Crippen molar-refractivity contribution in [1.29, 1.82) is 0 Å². The molecule has 0 aliphatic rings. The van der Waals surface area contributed by atoms with Crippen LogP contribution in [-0.4, -0.2) is 22.2 Å². The molecular formula is C27H44O4. The Morgan fingerprint density at radius 1 is 0.710 bits per heavy atom. The van der Waals surface area contributed by atoms with Crippen LogP contribution in [-0.2, 0) is 6.42 Å². The van der Waals surface area contributed by atoms with Crippen molar-refractivity contribution in [1.82, 2.24) is 0 Å². The zero-order chi connectivity index (χ0) is 23.1. The third-order valence-corrected chi connectivity index (χ3v) is 6.20. The average molecular weight is 433 g/mol. The third kappa shape index (κ3) is 10.3. The number of aromatic carboxylic acids is 2. The van der Waals surface area contributed by atoms with Crippen molar-refractivity contribution < 1.29 is 19.8 Å². The molecule has 0 aliphatic heterocycles. The van der Waals surface area contributed by atoms with Crippen LogP contribution in [0.2, 0.25) is 0 Å². The highest BCUT2D eigenvalue weighted by molar-refractivity contribution is 6.03. The number of carbonyl (C=O) groups is 2. The molecule has 0 saturated carbocycles. The number of hydrogen-bond acceptors (Lipinski definition) is 2. The Balaban J connectivity index is 2.34. The SMILES string of the molecule is CCCCCCCCCCCCCCCCc1c(C(C)C)ccc(C(=O)O)c1C(=O)O. The molecule has 0 heterocycles. The smallest absolute Gasteiger partial charge is 0.336 e. The number of unbranched alkanes of at least 4 members (excludes halogenated alkanes) is 13. The summed E-state index contributed by atoms with van der Waals surface area (Å²) >= 11 is 0. The van der Waals surface area contributed by atoms with Gasteiger partial charge in [0.2, 0.25) is 0 Å². The lowest BCUT2D eigenvalue weighted by atomic mass is 9.87. The molecule has 1 rings (SSSR count). The van der Waals surface area contributed by atoms with E-state index < -0.39 is 11.9 Å². The van der Waals surface area contributed by atoms with Gasteiger partial charge in [-0.25, -0.2) is 9.59 Å². The molecule has 1 aromatic rings. The van der Waals surface area contributed by atoms with Crippen molar-refractivity contribution >= 4 is 11.9 Å². The standard InChI is InChI=1S/C27H44O4/c1-4-5-6-7-8-9-10-11-12-13-14-15-16-17-18-23-22(21(2)3)19-20-24(26(28)29)25(23)27(30)31/h19-21H,4-18H2,1-3H3,(H,28,29)(H,30,31). The first-order valence-corrected chi connectivity index (χ1v) is 12.5. The molecule has 0 bridgehead atoms. The molecule has 0 fully saturated rings. The largest absolute Gasteiger partial charge is 0.478 e. The first-order chi connectivity index (χ1) is 14.9. The minimum Gasteiger partial charge on any atom is -0.478 e. The van der Waals surface area contributed by atoms with Gasteiger partial charge in [0.25, 0.3) is 0 Å². The van der Waals surface area contributed by atoms with Gasteiger partial charge in [0.05, 0.1) is 11.1 Å². The number of benzene rings is 1. The van der Waals surface area contributed by atoms with Crippen LogP contribution in [0.15, 0.2) is 12.1 Å². The molecule has 4 nitrogen and oxygen atoms in total. The van der Waals surface area contributed by atoms with Crippen molar-refractivity contribution in [2.45, 2.75) is 123 Å². The Bertz CT molecular complexity index is 663. The Hall–Kier alpha value is -1.84. The van der Waals surface area contributed by atoms with Crippen LogP contribution in [0.1, 0.15) is 148 Å². The van der Waals surface area contributed by atoms with E-state index in [2.05, 4.69) is 6.92 Å². The van der Waals surface area contributed by atoms with E-state index in [9.17, 15) is 19.8 Å². The molecule has 0 aliphatic carbocycles. The maximum Gasteiger partial charge on any atom is 0.336 e. The molecule has 2 N–H and O–H groups in total. The molecule has 0 saturated heterocycles. The van der Waals surface area contributed by atoms with E-state index in [0.717, 1.165) is 24.8 Å². The Kier molecular flexibility index (Phi) is 13.9. The molecule has 0 amide bonds.